The van der Waals surface area contributed by atoms with Crippen LogP contribution in [0.25, 0.3) is 10.1 Å². The molecule has 2 N–H and O–H groups in total. The highest BCUT2D eigenvalue weighted by Crippen LogP contribution is 2.30. The van der Waals surface area contributed by atoms with Crippen molar-refractivity contribution in [1.82, 2.24) is 0 Å². The van der Waals surface area contributed by atoms with E-state index in [0.717, 1.165) is 15.0 Å². The van der Waals surface area contributed by atoms with Gasteiger partial charge in [0.2, 0.25) is 0 Å². The number of hydrogen-bond acceptors (Lipinski definition) is 2. The summed E-state index contributed by atoms with van der Waals surface area (Å²) in [6.45, 7) is 0. The van der Waals surface area contributed by atoms with Crippen LogP contribution in [0.4, 0.5) is 4.39 Å². The highest BCUT2D eigenvalue weighted by atomic mass is 32.1. The van der Waals surface area contributed by atoms with Gasteiger partial charge in [-0.05, 0) is 23.6 Å². The molecule has 1 atom stereocenters. The smallest absolute Gasteiger partial charge is 0.124 e. The van der Waals surface area contributed by atoms with Crippen molar-refractivity contribution in [2.75, 3.05) is 0 Å². The molecule has 15 heavy (non-hydrogen) atoms. The Morgan fingerprint density at radius 1 is 1.47 bits per heavy atom. The minimum Gasteiger partial charge on any atom is -0.322 e. The van der Waals surface area contributed by atoms with Crippen molar-refractivity contribution in [2.45, 2.75) is 12.5 Å². The largest absolute Gasteiger partial charge is 0.322 e. The number of rotatable bonds is 2. The number of thiophene rings is 1. The molecule has 0 amide bonds. The van der Waals surface area contributed by atoms with Crippen LogP contribution in [0, 0.1) is 18.2 Å². The third kappa shape index (κ3) is 2.01. The maximum Gasteiger partial charge on any atom is 0.124 e. The first-order chi connectivity index (χ1) is 7.20. The van der Waals surface area contributed by atoms with Gasteiger partial charge in [0, 0.05) is 16.0 Å². The summed E-state index contributed by atoms with van der Waals surface area (Å²) in [5.74, 6) is 2.31. The summed E-state index contributed by atoms with van der Waals surface area (Å²) in [4.78, 5) is 1.01. The Bertz CT molecular complexity index is 524. The van der Waals surface area contributed by atoms with Crippen molar-refractivity contribution >= 4 is 21.4 Å². The fraction of sp³-hybridized carbons (Fsp3) is 0.167. The number of benzene rings is 1. The zero-order valence-corrected chi connectivity index (χ0v) is 8.85. The van der Waals surface area contributed by atoms with Gasteiger partial charge < -0.3 is 5.73 Å². The summed E-state index contributed by atoms with van der Waals surface area (Å²) < 4.78 is 13.9. The predicted octanol–water partition coefficient (Wildman–Crippen LogP) is 3.06. The molecule has 0 fully saturated rings. The second-order valence-electron chi connectivity index (χ2n) is 3.35. The molecular formula is C12H10FNS. The maximum absolute atomic E-state index is 12.9. The van der Waals surface area contributed by atoms with E-state index in [9.17, 15) is 4.39 Å². The monoisotopic (exact) mass is 219 g/mol. The summed E-state index contributed by atoms with van der Waals surface area (Å²) in [7, 11) is 0. The zero-order chi connectivity index (χ0) is 10.8. The SMILES string of the molecule is C#CCC(N)c1cc2ccc(F)cc2s1. The van der Waals surface area contributed by atoms with Crippen LogP contribution in [0.5, 0.6) is 0 Å². The molecule has 76 valence electrons. The third-order valence-electron chi connectivity index (χ3n) is 2.20. The van der Waals surface area contributed by atoms with Crippen LogP contribution in [0.3, 0.4) is 0 Å². The number of terminal acetylenes is 1. The first-order valence-corrected chi connectivity index (χ1v) is 5.40. The molecule has 0 saturated heterocycles. The van der Waals surface area contributed by atoms with Gasteiger partial charge in [0.25, 0.3) is 0 Å². The second kappa shape index (κ2) is 4.01. The van der Waals surface area contributed by atoms with Gasteiger partial charge in [0.1, 0.15) is 5.82 Å². The standard InChI is InChI=1S/C12H10FNS/c1-2-3-10(14)12-6-8-4-5-9(13)7-11(8)15-12/h1,4-7,10H,3,14H2. The Labute approximate surface area is 91.7 Å². The fourth-order valence-corrected chi connectivity index (χ4v) is 2.53. The van der Waals surface area contributed by atoms with Crippen LogP contribution in [0.15, 0.2) is 24.3 Å². The zero-order valence-electron chi connectivity index (χ0n) is 8.03. The Kier molecular flexibility index (Phi) is 2.72. The van der Waals surface area contributed by atoms with E-state index in [4.69, 9.17) is 12.2 Å². The summed E-state index contributed by atoms with van der Waals surface area (Å²) in [6.07, 6.45) is 5.71. The quantitative estimate of drug-likeness (QED) is 0.772. The second-order valence-corrected chi connectivity index (χ2v) is 4.46. The number of nitrogens with two attached hydrogens (primary N) is 1. The molecule has 0 aliphatic carbocycles. The van der Waals surface area contributed by atoms with Crippen molar-refractivity contribution in [3.63, 3.8) is 0 Å². The molecule has 1 nitrogen and oxygen atoms in total. The van der Waals surface area contributed by atoms with Gasteiger partial charge in [-0.2, -0.15) is 0 Å². The molecule has 0 aliphatic rings. The molecule has 1 aromatic heterocycles. The van der Waals surface area contributed by atoms with Gasteiger partial charge in [-0.3, -0.25) is 0 Å². The van der Waals surface area contributed by atoms with Gasteiger partial charge in [0.05, 0.1) is 6.04 Å². The third-order valence-corrected chi connectivity index (χ3v) is 3.43. The summed E-state index contributed by atoms with van der Waals surface area (Å²) >= 11 is 1.50. The molecule has 1 unspecified atom stereocenters. The fourth-order valence-electron chi connectivity index (χ4n) is 1.44. The van der Waals surface area contributed by atoms with Crippen LogP contribution in [0.2, 0.25) is 0 Å². The van der Waals surface area contributed by atoms with E-state index in [-0.39, 0.29) is 11.9 Å². The van der Waals surface area contributed by atoms with Gasteiger partial charge >= 0.3 is 0 Å². The van der Waals surface area contributed by atoms with Crippen LogP contribution in [-0.4, -0.2) is 0 Å². The Morgan fingerprint density at radius 3 is 3.00 bits per heavy atom. The molecule has 0 radical (unpaired) electrons. The van der Waals surface area contributed by atoms with Crippen LogP contribution < -0.4 is 5.73 Å². The lowest BCUT2D eigenvalue weighted by atomic mass is 10.1. The number of fused-ring (bicyclic) bond motifs is 1. The Balaban J connectivity index is 2.43. The molecule has 0 saturated carbocycles. The predicted molar refractivity (Wildman–Crippen MR) is 62.2 cm³/mol. The lowest BCUT2D eigenvalue weighted by Crippen LogP contribution is -2.06. The first-order valence-electron chi connectivity index (χ1n) is 4.59. The maximum atomic E-state index is 12.9. The highest BCUT2D eigenvalue weighted by Gasteiger charge is 2.09. The van der Waals surface area contributed by atoms with Gasteiger partial charge in [-0.25, -0.2) is 4.39 Å². The van der Waals surface area contributed by atoms with E-state index in [0.29, 0.717) is 6.42 Å². The lowest BCUT2D eigenvalue weighted by molar-refractivity contribution is 0.630. The van der Waals surface area contributed by atoms with Gasteiger partial charge in [0.15, 0.2) is 0 Å². The van der Waals surface area contributed by atoms with Crippen molar-refractivity contribution < 1.29 is 4.39 Å². The average Bonchev–Trinajstić information content (AvgIpc) is 2.60. The van der Waals surface area contributed by atoms with E-state index in [1.54, 1.807) is 6.07 Å². The van der Waals surface area contributed by atoms with Crippen molar-refractivity contribution in [3.05, 3.63) is 35.0 Å². The highest BCUT2D eigenvalue weighted by molar-refractivity contribution is 7.19. The molecule has 0 spiro atoms. The summed E-state index contributed by atoms with van der Waals surface area (Å²) in [5.41, 5.74) is 5.88. The number of hydrogen-bond donors (Lipinski definition) is 1. The normalized spacial score (nSPS) is 12.6. The minimum atomic E-state index is -0.221. The Hall–Kier alpha value is -1.37. The van der Waals surface area contributed by atoms with E-state index in [1.165, 1.54) is 23.5 Å². The topological polar surface area (TPSA) is 26.0 Å². The molecule has 0 aliphatic heterocycles. The molecule has 1 heterocycles. The molecule has 2 rings (SSSR count). The van der Waals surface area contributed by atoms with Crippen molar-refractivity contribution in [1.29, 1.82) is 0 Å². The number of halogens is 1. The molecular weight excluding hydrogens is 209 g/mol. The van der Waals surface area contributed by atoms with Crippen LogP contribution in [0.1, 0.15) is 17.3 Å². The van der Waals surface area contributed by atoms with Gasteiger partial charge in [-0.15, -0.1) is 23.7 Å². The lowest BCUT2D eigenvalue weighted by Gasteiger charge is -2.02. The van der Waals surface area contributed by atoms with E-state index in [1.807, 2.05) is 6.07 Å². The summed E-state index contributed by atoms with van der Waals surface area (Å²) in [5, 5.41) is 1.02. The van der Waals surface area contributed by atoms with Crippen molar-refractivity contribution in [3.8, 4) is 12.3 Å². The van der Waals surface area contributed by atoms with E-state index in [2.05, 4.69) is 5.92 Å². The Morgan fingerprint density at radius 2 is 2.27 bits per heavy atom. The summed E-state index contributed by atoms with van der Waals surface area (Å²) in [6, 6.07) is 6.56. The van der Waals surface area contributed by atoms with E-state index >= 15 is 0 Å². The van der Waals surface area contributed by atoms with Crippen LogP contribution >= 0.6 is 11.3 Å². The average molecular weight is 219 g/mol. The van der Waals surface area contributed by atoms with Gasteiger partial charge in [-0.1, -0.05) is 6.07 Å². The molecule has 0 bridgehead atoms. The molecule has 3 heteroatoms. The molecule has 1 aromatic carbocycles. The first kappa shape index (κ1) is 10.2. The minimum absolute atomic E-state index is 0.143. The molecule has 2 aromatic rings. The van der Waals surface area contributed by atoms with Crippen LogP contribution in [-0.2, 0) is 0 Å². The van der Waals surface area contributed by atoms with E-state index < -0.39 is 0 Å². The van der Waals surface area contributed by atoms with Crippen molar-refractivity contribution in [2.24, 2.45) is 5.73 Å².